The zero-order valence-corrected chi connectivity index (χ0v) is 13.0. The van der Waals surface area contributed by atoms with Crippen LogP contribution in [0.4, 0.5) is 13.6 Å². The van der Waals surface area contributed by atoms with E-state index in [-0.39, 0.29) is 10.6 Å². The second kappa shape index (κ2) is 6.37. The lowest BCUT2D eigenvalue weighted by Gasteiger charge is -2.20. The lowest BCUT2D eigenvalue weighted by Crippen LogP contribution is -2.34. The Balaban J connectivity index is 2.00. The maximum absolute atomic E-state index is 14.0. The van der Waals surface area contributed by atoms with E-state index in [1.54, 1.807) is 0 Å². The summed E-state index contributed by atoms with van der Waals surface area (Å²) in [6.07, 6.45) is 0. The van der Waals surface area contributed by atoms with Crippen LogP contribution in [0, 0.1) is 11.6 Å². The number of carbonyl (C=O) groups excluding carboxylic acids is 1. The Hall–Kier alpha value is -2.41. The van der Waals surface area contributed by atoms with Crippen molar-refractivity contribution in [3.8, 4) is 0 Å². The Labute approximate surface area is 136 Å². The number of hydrazone groups is 1. The minimum atomic E-state index is -0.580. The molecule has 0 radical (unpaired) electrons. The second-order valence-corrected chi connectivity index (χ2v) is 5.88. The first-order valence-corrected chi connectivity index (χ1v) is 7.74. The number of hydrogen-bond donors (Lipinski definition) is 1. The lowest BCUT2D eigenvalue weighted by molar-refractivity contribution is 0.200. The molecule has 0 saturated heterocycles. The van der Waals surface area contributed by atoms with Gasteiger partial charge in [0, 0.05) is 12.6 Å². The number of amides is 2. The van der Waals surface area contributed by atoms with Crippen molar-refractivity contribution in [2.45, 2.75) is 5.37 Å². The summed E-state index contributed by atoms with van der Waals surface area (Å²) < 4.78 is 27.4. The summed E-state index contributed by atoms with van der Waals surface area (Å²) in [6, 6.07) is 12.0. The molecule has 0 aromatic heterocycles. The molecular formula is C16H13F2N3OS. The molecule has 0 fully saturated rings. The average Bonchev–Trinajstić information content (AvgIpc) is 3.02. The normalized spacial score (nSPS) is 17.1. The largest absolute Gasteiger partial charge is 0.340 e. The molecule has 0 aliphatic carbocycles. The molecule has 1 N–H and O–H groups in total. The summed E-state index contributed by atoms with van der Waals surface area (Å²) in [5, 5.41) is 7.75. The molecule has 0 saturated carbocycles. The number of nitrogens with zero attached hydrogens (tertiary/aromatic N) is 2. The van der Waals surface area contributed by atoms with Crippen molar-refractivity contribution >= 4 is 22.8 Å². The van der Waals surface area contributed by atoms with Gasteiger partial charge in [0.2, 0.25) is 0 Å². The Morgan fingerprint density at radius 1 is 1.22 bits per heavy atom. The van der Waals surface area contributed by atoms with E-state index in [0.29, 0.717) is 0 Å². The van der Waals surface area contributed by atoms with E-state index in [4.69, 9.17) is 0 Å². The molecule has 7 heteroatoms. The van der Waals surface area contributed by atoms with Gasteiger partial charge in [-0.3, -0.25) is 0 Å². The van der Waals surface area contributed by atoms with Crippen LogP contribution in [0.25, 0.3) is 0 Å². The third kappa shape index (κ3) is 3.05. The number of carbonyl (C=O) groups is 1. The molecule has 0 spiro atoms. The van der Waals surface area contributed by atoms with Crippen molar-refractivity contribution in [1.82, 2.24) is 10.3 Å². The maximum atomic E-state index is 14.0. The van der Waals surface area contributed by atoms with Crippen LogP contribution in [0.5, 0.6) is 0 Å². The quantitative estimate of drug-likeness (QED) is 0.910. The fourth-order valence-electron chi connectivity index (χ4n) is 2.20. The summed E-state index contributed by atoms with van der Waals surface area (Å²) >= 11 is 1.20. The van der Waals surface area contributed by atoms with Gasteiger partial charge in [-0.15, -0.1) is 0 Å². The van der Waals surface area contributed by atoms with Gasteiger partial charge in [-0.1, -0.05) is 42.1 Å². The van der Waals surface area contributed by atoms with Crippen molar-refractivity contribution in [1.29, 1.82) is 0 Å². The van der Waals surface area contributed by atoms with E-state index >= 15 is 0 Å². The number of benzene rings is 2. The highest BCUT2D eigenvalue weighted by Gasteiger charge is 2.34. The third-order valence-electron chi connectivity index (χ3n) is 3.31. The highest BCUT2D eigenvalue weighted by atomic mass is 32.2. The average molecular weight is 333 g/mol. The van der Waals surface area contributed by atoms with Crippen LogP contribution < -0.4 is 5.32 Å². The van der Waals surface area contributed by atoms with Crippen LogP contribution in [0.1, 0.15) is 16.5 Å². The van der Waals surface area contributed by atoms with E-state index in [0.717, 1.165) is 23.8 Å². The summed E-state index contributed by atoms with van der Waals surface area (Å²) in [7, 11) is 1.49. The Morgan fingerprint density at radius 3 is 2.65 bits per heavy atom. The predicted octanol–water partition coefficient (Wildman–Crippen LogP) is 3.71. The van der Waals surface area contributed by atoms with Gasteiger partial charge >= 0.3 is 6.03 Å². The molecule has 1 heterocycles. The van der Waals surface area contributed by atoms with E-state index in [9.17, 15) is 13.6 Å². The van der Waals surface area contributed by atoms with Gasteiger partial charge in [0.15, 0.2) is 0 Å². The van der Waals surface area contributed by atoms with Gasteiger partial charge in [-0.05, 0) is 23.8 Å². The minimum absolute atomic E-state index is 0.0438. The van der Waals surface area contributed by atoms with E-state index < -0.39 is 23.0 Å². The molecule has 1 aliphatic heterocycles. The van der Waals surface area contributed by atoms with Gasteiger partial charge in [0.1, 0.15) is 22.1 Å². The van der Waals surface area contributed by atoms with Crippen LogP contribution in [-0.2, 0) is 0 Å². The number of nitrogens with one attached hydrogen (secondary N) is 1. The first kappa shape index (κ1) is 15.5. The zero-order chi connectivity index (χ0) is 16.4. The first-order chi connectivity index (χ1) is 11.1. The molecule has 1 atom stereocenters. The molecule has 1 aliphatic rings. The van der Waals surface area contributed by atoms with E-state index in [1.165, 1.54) is 23.8 Å². The fourth-order valence-corrected chi connectivity index (χ4v) is 3.37. The highest BCUT2D eigenvalue weighted by Crippen LogP contribution is 2.41. The molecule has 3 rings (SSSR count). The number of halogens is 2. The smallest absolute Gasteiger partial charge is 0.339 e. The highest BCUT2D eigenvalue weighted by molar-refractivity contribution is 8.14. The van der Waals surface area contributed by atoms with Gasteiger partial charge in [0.25, 0.3) is 0 Å². The molecule has 2 aromatic rings. The second-order valence-electron chi connectivity index (χ2n) is 4.81. The Kier molecular flexibility index (Phi) is 4.29. The van der Waals surface area contributed by atoms with Crippen LogP contribution in [0.15, 0.2) is 53.6 Å². The SMILES string of the molecule is CNC(=O)N1N=C(c2cc(F)ccc2F)SC1c1ccccc1. The lowest BCUT2D eigenvalue weighted by atomic mass is 10.2. The monoisotopic (exact) mass is 333 g/mol. The molecular weight excluding hydrogens is 320 g/mol. The van der Waals surface area contributed by atoms with Gasteiger partial charge < -0.3 is 5.32 Å². The predicted molar refractivity (Wildman–Crippen MR) is 86.0 cm³/mol. The standard InChI is InChI=1S/C16H13F2N3OS/c1-19-16(22)21-15(10-5-3-2-4-6-10)23-14(20-21)12-9-11(17)7-8-13(12)18/h2-9,15H,1H3,(H,19,22). The molecule has 4 nitrogen and oxygen atoms in total. The first-order valence-electron chi connectivity index (χ1n) is 6.86. The molecule has 2 amide bonds. The van der Waals surface area contributed by atoms with Gasteiger partial charge in [-0.25, -0.2) is 13.6 Å². The van der Waals surface area contributed by atoms with Gasteiger partial charge in [-0.2, -0.15) is 10.1 Å². The van der Waals surface area contributed by atoms with Crippen molar-refractivity contribution in [2.24, 2.45) is 5.10 Å². The van der Waals surface area contributed by atoms with Crippen LogP contribution in [0.3, 0.4) is 0 Å². The van der Waals surface area contributed by atoms with Crippen LogP contribution in [0.2, 0.25) is 0 Å². The van der Waals surface area contributed by atoms with Crippen molar-refractivity contribution < 1.29 is 13.6 Å². The Morgan fingerprint density at radius 2 is 1.96 bits per heavy atom. The number of urea groups is 1. The summed E-state index contributed by atoms with van der Waals surface area (Å²) in [5.74, 6) is -1.14. The number of thioether (sulfide) groups is 1. The van der Waals surface area contributed by atoms with Gasteiger partial charge in [0.05, 0.1) is 0 Å². The summed E-state index contributed by atoms with van der Waals surface area (Å²) in [4.78, 5) is 12.1. The van der Waals surface area contributed by atoms with E-state index in [2.05, 4.69) is 10.4 Å². The van der Waals surface area contributed by atoms with Crippen molar-refractivity contribution in [3.63, 3.8) is 0 Å². The molecule has 23 heavy (non-hydrogen) atoms. The summed E-state index contributed by atoms with van der Waals surface area (Å²) in [6.45, 7) is 0. The van der Waals surface area contributed by atoms with Crippen LogP contribution >= 0.6 is 11.8 Å². The molecule has 118 valence electrons. The van der Waals surface area contributed by atoms with E-state index in [1.807, 2.05) is 30.3 Å². The number of rotatable bonds is 2. The fraction of sp³-hybridized carbons (Fsp3) is 0.125. The Bertz CT molecular complexity index is 767. The molecule has 0 bridgehead atoms. The minimum Gasteiger partial charge on any atom is -0.340 e. The van der Waals surface area contributed by atoms with Crippen molar-refractivity contribution in [3.05, 3.63) is 71.3 Å². The molecule has 1 unspecified atom stereocenters. The molecule has 2 aromatic carbocycles. The van der Waals surface area contributed by atoms with Crippen molar-refractivity contribution in [2.75, 3.05) is 7.05 Å². The number of hydrogen-bond acceptors (Lipinski definition) is 3. The zero-order valence-electron chi connectivity index (χ0n) is 12.2. The van der Waals surface area contributed by atoms with Crippen LogP contribution in [-0.4, -0.2) is 23.1 Å². The third-order valence-corrected chi connectivity index (χ3v) is 4.53. The topological polar surface area (TPSA) is 44.7 Å². The maximum Gasteiger partial charge on any atom is 0.339 e. The summed E-state index contributed by atoms with van der Waals surface area (Å²) in [5.41, 5.74) is 0.888.